The molecule has 0 bridgehead atoms. The van der Waals surface area contributed by atoms with E-state index >= 15 is 0 Å². The highest BCUT2D eigenvalue weighted by molar-refractivity contribution is 6.30. The quantitative estimate of drug-likeness (QED) is 0.542. The zero-order chi connectivity index (χ0) is 19.1. The lowest BCUT2D eigenvalue weighted by molar-refractivity contribution is 0.385. The van der Waals surface area contributed by atoms with Crippen LogP contribution in [0.5, 0.6) is 0 Å². The average Bonchev–Trinajstić information content (AvgIpc) is 3.42. The summed E-state index contributed by atoms with van der Waals surface area (Å²) < 4.78 is 7.30. The maximum absolute atomic E-state index is 12.5. The van der Waals surface area contributed by atoms with Gasteiger partial charge in [-0.2, -0.15) is 4.98 Å². The third-order valence-electron chi connectivity index (χ3n) is 5.40. The minimum Gasteiger partial charge on any atom is -0.339 e. The Morgan fingerprint density at radius 2 is 1.93 bits per heavy atom. The first-order valence-electron chi connectivity index (χ1n) is 9.49. The van der Waals surface area contributed by atoms with Crippen LogP contribution in [-0.4, -0.2) is 19.7 Å². The summed E-state index contributed by atoms with van der Waals surface area (Å²) in [6, 6.07) is 13.7. The van der Waals surface area contributed by atoms with Crippen molar-refractivity contribution < 1.29 is 4.52 Å². The summed E-state index contributed by atoms with van der Waals surface area (Å²) in [6.45, 7) is 0. The molecule has 2 aromatic heterocycles. The molecule has 0 spiro atoms. The van der Waals surface area contributed by atoms with Gasteiger partial charge in [-0.25, -0.2) is 4.79 Å². The normalized spacial score (nSPS) is 14.9. The number of benzene rings is 2. The zero-order valence-corrected chi connectivity index (χ0v) is 15.9. The maximum Gasteiger partial charge on any atom is 0.326 e. The van der Waals surface area contributed by atoms with Crippen LogP contribution in [0.15, 0.2) is 51.8 Å². The van der Waals surface area contributed by atoms with Gasteiger partial charge in [0.25, 0.3) is 0 Å². The largest absolute Gasteiger partial charge is 0.339 e. The minimum absolute atomic E-state index is 0.0458. The SMILES string of the molecule is O=c1[nH]c2cc(-c3noc(Cc4ccc(Cl)cc4)n3)ccc2n1C1CCCC1. The second kappa shape index (κ2) is 6.95. The lowest BCUT2D eigenvalue weighted by Crippen LogP contribution is -2.20. The monoisotopic (exact) mass is 394 g/mol. The molecule has 6 nitrogen and oxygen atoms in total. The van der Waals surface area contributed by atoms with E-state index in [1.807, 2.05) is 47.0 Å². The van der Waals surface area contributed by atoms with Crippen LogP contribution in [-0.2, 0) is 6.42 Å². The Labute approximate surface area is 166 Å². The van der Waals surface area contributed by atoms with Crippen molar-refractivity contribution in [2.45, 2.75) is 38.1 Å². The van der Waals surface area contributed by atoms with Crippen LogP contribution in [0.25, 0.3) is 22.4 Å². The lowest BCUT2D eigenvalue weighted by Gasteiger charge is -2.11. The Hall–Kier alpha value is -2.86. The van der Waals surface area contributed by atoms with Crippen LogP contribution in [0, 0.1) is 0 Å². The molecule has 0 atom stereocenters. The molecule has 7 heteroatoms. The number of imidazole rings is 1. The molecule has 4 aromatic rings. The maximum atomic E-state index is 12.5. The van der Waals surface area contributed by atoms with E-state index in [-0.39, 0.29) is 5.69 Å². The van der Waals surface area contributed by atoms with Crippen molar-refractivity contribution in [2.24, 2.45) is 0 Å². The van der Waals surface area contributed by atoms with Crippen molar-refractivity contribution >= 4 is 22.6 Å². The highest BCUT2D eigenvalue weighted by Gasteiger charge is 2.21. The predicted octanol–water partition coefficient (Wildman–Crippen LogP) is 4.74. The summed E-state index contributed by atoms with van der Waals surface area (Å²) in [6.07, 6.45) is 5.03. The van der Waals surface area contributed by atoms with E-state index in [9.17, 15) is 4.79 Å². The van der Waals surface area contributed by atoms with E-state index in [4.69, 9.17) is 16.1 Å². The smallest absolute Gasteiger partial charge is 0.326 e. The van der Waals surface area contributed by atoms with Crippen molar-refractivity contribution in [3.8, 4) is 11.4 Å². The fourth-order valence-electron chi connectivity index (χ4n) is 4.02. The highest BCUT2D eigenvalue weighted by Crippen LogP contribution is 2.31. The average molecular weight is 395 g/mol. The summed E-state index contributed by atoms with van der Waals surface area (Å²) in [5, 5.41) is 4.80. The molecule has 0 amide bonds. The van der Waals surface area contributed by atoms with E-state index in [2.05, 4.69) is 15.1 Å². The lowest BCUT2D eigenvalue weighted by atomic mass is 10.1. The molecule has 0 saturated heterocycles. The second-order valence-electron chi connectivity index (χ2n) is 7.29. The standard InChI is InChI=1S/C21H19ClN4O2/c22-15-8-5-13(6-9-15)11-19-24-20(25-28-19)14-7-10-18-17(12-14)23-21(27)26(18)16-3-1-2-4-16/h5-10,12,16H,1-4,11H2,(H,23,27). The van der Waals surface area contributed by atoms with Gasteiger partial charge in [-0.3, -0.25) is 4.57 Å². The van der Waals surface area contributed by atoms with Gasteiger partial charge in [0.1, 0.15) is 0 Å². The molecule has 0 aliphatic heterocycles. The fraction of sp³-hybridized carbons (Fsp3) is 0.286. The van der Waals surface area contributed by atoms with Crippen LogP contribution in [0.3, 0.4) is 0 Å². The first kappa shape index (κ1) is 17.3. The number of rotatable bonds is 4. The molecule has 142 valence electrons. The number of nitrogens with one attached hydrogen (secondary N) is 1. The van der Waals surface area contributed by atoms with Gasteiger partial charge in [-0.15, -0.1) is 0 Å². The first-order valence-corrected chi connectivity index (χ1v) is 9.87. The van der Waals surface area contributed by atoms with E-state index in [0.717, 1.165) is 35.0 Å². The molecule has 1 saturated carbocycles. The molecule has 1 aliphatic rings. The molecule has 2 heterocycles. The number of halogens is 1. The molecular formula is C21H19ClN4O2. The number of aromatic amines is 1. The van der Waals surface area contributed by atoms with Crippen molar-refractivity contribution in [3.63, 3.8) is 0 Å². The Morgan fingerprint density at radius 1 is 1.14 bits per heavy atom. The van der Waals surface area contributed by atoms with Gasteiger partial charge in [0.2, 0.25) is 11.7 Å². The van der Waals surface area contributed by atoms with Crippen LogP contribution < -0.4 is 5.69 Å². The van der Waals surface area contributed by atoms with E-state index < -0.39 is 0 Å². The number of hydrogen-bond donors (Lipinski definition) is 1. The van der Waals surface area contributed by atoms with Crippen LogP contribution in [0.2, 0.25) is 5.02 Å². The molecule has 2 aromatic carbocycles. The van der Waals surface area contributed by atoms with Crippen molar-refractivity contribution in [1.29, 1.82) is 0 Å². The summed E-state index contributed by atoms with van der Waals surface area (Å²) in [7, 11) is 0. The van der Waals surface area contributed by atoms with Gasteiger partial charge in [0.15, 0.2) is 0 Å². The van der Waals surface area contributed by atoms with Gasteiger partial charge in [-0.1, -0.05) is 41.7 Å². The second-order valence-corrected chi connectivity index (χ2v) is 7.72. The first-order chi connectivity index (χ1) is 13.7. The van der Waals surface area contributed by atoms with E-state index in [0.29, 0.717) is 29.2 Å². The molecule has 5 rings (SSSR count). The fourth-order valence-corrected chi connectivity index (χ4v) is 4.14. The molecule has 1 fully saturated rings. The highest BCUT2D eigenvalue weighted by atomic mass is 35.5. The molecule has 1 N–H and O–H groups in total. The van der Waals surface area contributed by atoms with E-state index in [1.165, 1.54) is 12.8 Å². The van der Waals surface area contributed by atoms with Gasteiger partial charge in [0, 0.05) is 16.6 Å². The Bertz CT molecular complexity index is 1180. The van der Waals surface area contributed by atoms with Gasteiger partial charge >= 0.3 is 5.69 Å². The van der Waals surface area contributed by atoms with E-state index in [1.54, 1.807) is 0 Å². The molecular weight excluding hydrogens is 376 g/mol. The van der Waals surface area contributed by atoms with Crippen LogP contribution in [0.4, 0.5) is 0 Å². The van der Waals surface area contributed by atoms with Crippen molar-refractivity contribution in [3.05, 3.63) is 69.4 Å². The van der Waals surface area contributed by atoms with Crippen LogP contribution in [0.1, 0.15) is 43.2 Å². The van der Waals surface area contributed by atoms with Gasteiger partial charge in [0.05, 0.1) is 17.5 Å². The summed E-state index contributed by atoms with van der Waals surface area (Å²) in [4.78, 5) is 19.9. The van der Waals surface area contributed by atoms with Crippen LogP contribution >= 0.6 is 11.6 Å². The number of aromatic nitrogens is 4. The third-order valence-corrected chi connectivity index (χ3v) is 5.65. The third kappa shape index (κ3) is 3.14. The van der Waals surface area contributed by atoms with Gasteiger partial charge < -0.3 is 9.51 Å². The Morgan fingerprint density at radius 3 is 2.71 bits per heavy atom. The molecule has 28 heavy (non-hydrogen) atoms. The summed E-state index contributed by atoms with van der Waals surface area (Å²) in [5.41, 5.74) is 3.56. The summed E-state index contributed by atoms with van der Waals surface area (Å²) in [5.74, 6) is 1.05. The zero-order valence-electron chi connectivity index (χ0n) is 15.2. The number of fused-ring (bicyclic) bond motifs is 1. The van der Waals surface area contributed by atoms with Gasteiger partial charge in [-0.05, 0) is 48.7 Å². The van der Waals surface area contributed by atoms with Crippen molar-refractivity contribution in [1.82, 2.24) is 19.7 Å². The predicted molar refractivity (Wildman–Crippen MR) is 108 cm³/mol. The molecule has 1 aliphatic carbocycles. The Kier molecular flexibility index (Phi) is 4.28. The summed E-state index contributed by atoms with van der Waals surface area (Å²) >= 11 is 5.92. The minimum atomic E-state index is -0.0458. The Balaban J connectivity index is 1.44. The topological polar surface area (TPSA) is 76.7 Å². The number of H-pyrrole nitrogens is 1. The molecule has 0 radical (unpaired) electrons. The molecule has 0 unspecified atom stereocenters. The number of nitrogens with zero attached hydrogens (tertiary/aromatic N) is 3. The van der Waals surface area contributed by atoms with Crippen molar-refractivity contribution in [2.75, 3.05) is 0 Å². The number of hydrogen-bond acceptors (Lipinski definition) is 4.